The average molecular weight is 244 g/mol. The summed E-state index contributed by atoms with van der Waals surface area (Å²) >= 11 is 4.88. The lowest BCUT2D eigenvalue weighted by atomic mass is 10.1. The Labute approximate surface area is 105 Å². The first-order chi connectivity index (χ1) is 8.20. The Kier molecular flexibility index (Phi) is 3.49. The van der Waals surface area contributed by atoms with Gasteiger partial charge in [-0.3, -0.25) is 0 Å². The molecule has 0 heterocycles. The number of hydrogen-bond donors (Lipinski definition) is 0. The van der Waals surface area contributed by atoms with Crippen LogP contribution in [0.3, 0.4) is 0 Å². The SMILES string of the molecule is CCC(=S)OC(=O)c1ccc2ccccc2c1. The fourth-order valence-corrected chi connectivity index (χ4v) is 1.63. The van der Waals surface area contributed by atoms with Gasteiger partial charge in [-0.25, -0.2) is 4.79 Å². The Hall–Kier alpha value is -1.74. The number of fused-ring (bicyclic) bond motifs is 1. The molecule has 0 atom stereocenters. The Morgan fingerprint density at radius 3 is 2.59 bits per heavy atom. The Bertz CT molecular complexity index is 575. The zero-order chi connectivity index (χ0) is 12.3. The number of carbonyl (C=O) groups excluding carboxylic acids is 1. The van der Waals surface area contributed by atoms with E-state index in [0.29, 0.717) is 17.0 Å². The number of carbonyl (C=O) groups is 1. The van der Waals surface area contributed by atoms with Crippen LogP contribution in [0.25, 0.3) is 10.8 Å². The van der Waals surface area contributed by atoms with Gasteiger partial charge in [0.15, 0.2) is 5.05 Å². The van der Waals surface area contributed by atoms with Crippen LogP contribution in [-0.4, -0.2) is 11.0 Å². The predicted octanol–water partition coefficient (Wildman–Crippen LogP) is 3.73. The first kappa shape index (κ1) is 11.7. The van der Waals surface area contributed by atoms with Crippen LogP contribution in [0.5, 0.6) is 0 Å². The van der Waals surface area contributed by atoms with Gasteiger partial charge in [0.25, 0.3) is 0 Å². The van der Waals surface area contributed by atoms with Crippen LogP contribution in [-0.2, 0) is 4.74 Å². The van der Waals surface area contributed by atoms with Crippen LogP contribution in [0.2, 0.25) is 0 Å². The second-order valence-corrected chi connectivity index (χ2v) is 4.13. The quantitative estimate of drug-likeness (QED) is 0.594. The van der Waals surface area contributed by atoms with Gasteiger partial charge in [0, 0.05) is 6.42 Å². The van der Waals surface area contributed by atoms with E-state index >= 15 is 0 Å². The van der Waals surface area contributed by atoms with Crippen molar-refractivity contribution in [3.63, 3.8) is 0 Å². The highest BCUT2D eigenvalue weighted by Gasteiger charge is 2.09. The van der Waals surface area contributed by atoms with E-state index in [0.717, 1.165) is 10.8 Å². The number of thiocarbonyl (C=S) groups is 1. The van der Waals surface area contributed by atoms with Gasteiger partial charge in [-0.1, -0.05) is 37.3 Å². The second kappa shape index (κ2) is 5.06. The molecule has 3 heteroatoms. The molecule has 0 N–H and O–H groups in total. The Morgan fingerprint density at radius 2 is 1.88 bits per heavy atom. The second-order valence-electron chi connectivity index (χ2n) is 3.68. The van der Waals surface area contributed by atoms with Crippen molar-refractivity contribution < 1.29 is 9.53 Å². The Morgan fingerprint density at radius 1 is 1.18 bits per heavy atom. The van der Waals surface area contributed by atoms with E-state index in [1.165, 1.54) is 0 Å². The first-order valence-electron chi connectivity index (χ1n) is 5.44. The van der Waals surface area contributed by atoms with Crippen LogP contribution in [0, 0.1) is 0 Å². The first-order valence-corrected chi connectivity index (χ1v) is 5.85. The largest absolute Gasteiger partial charge is 0.416 e. The third-order valence-corrected chi connectivity index (χ3v) is 2.85. The molecule has 0 bridgehead atoms. The lowest BCUT2D eigenvalue weighted by Gasteiger charge is -2.04. The van der Waals surface area contributed by atoms with Gasteiger partial charge in [-0.2, -0.15) is 0 Å². The van der Waals surface area contributed by atoms with E-state index in [4.69, 9.17) is 17.0 Å². The maximum atomic E-state index is 11.7. The van der Waals surface area contributed by atoms with Gasteiger partial charge in [0.05, 0.1) is 5.56 Å². The van der Waals surface area contributed by atoms with E-state index in [-0.39, 0.29) is 5.97 Å². The summed E-state index contributed by atoms with van der Waals surface area (Å²) in [7, 11) is 0. The van der Waals surface area contributed by atoms with Gasteiger partial charge in [-0.15, -0.1) is 0 Å². The van der Waals surface area contributed by atoms with Crippen molar-refractivity contribution in [1.82, 2.24) is 0 Å². The van der Waals surface area contributed by atoms with Crippen molar-refractivity contribution in [2.45, 2.75) is 13.3 Å². The van der Waals surface area contributed by atoms with E-state index in [9.17, 15) is 4.79 Å². The molecule has 86 valence electrons. The maximum Gasteiger partial charge on any atom is 0.344 e. The summed E-state index contributed by atoms with van der Waals surface area (Å²) in [6, 6.07) is 13.3. The number of benzene rings is 2. The van der Waals surface area contributed by atoms with Crippen molar-refractivity contribution in [2.24, 2.45) is 0 Å². The fraction of sp³-hybridized carbons (Fsp3) is 0.143. The molecule has 0 aliphatic carbocycles. The minimum absolute atomic E-state index is 0.322. The minimum Gasteiger partial charge on any atom is -0.416 e. The highest BCUT2D eigenvalue weighted by atomic mass is 32.1. The van der Waals surface area contributed by atoms with E-state index in [1.54, 1.807) is 6.07 Å². The number of esters is 1. The van der Waals surface area contributed by atoms with Gasteiger partial charge in [0.1, 0.15) is 0 Å². The van der Waals surface area contributed by atoms with Crippen LogP contribution >= 0.6 is 12.2 Å². The van der Waals surface area contributed by atoms with Crippen LogP contribution < -0.4 is 0 Å². The van der Waals surface area contributed by atoms with Crippen LogP contribution in [0.4, 0.5) is 0 Å². The summed E-state index contributed by atoms with van der Waals surface area (Å²) in [5, 5.41) is 2.44. The number of hydrogen-bond acceptors (Lipinski definition) is 3. The summed E-state index contributed by atoms with van der Waals surface area (Å²) in [5.74, 6) is -0.386. The van der Waals surface area contributed by atoms with Gasteiger partial charge in [-0.05, 0) is 35.1 Å². The van der Waals surface area contributed by atoms with Crippen LogP contribution in [0.1, 0.15) is 23.7 Å². The molecule has 0 saturated carbocycles. The van der Waals surface area contributed by atoms with Gasteiger partial charge >= 0.3 is 5.97 Å². The normalized spacial score (nSPS) is 10.2. The fourth-order valence-electron chi connectivity index (χ4n) is 1.55. The average Bonchev–Trinajstić information content (AvgIpc) is 2.38. The maximum absolute atomic E-state index is 11.7. The summed E-state index contributed by atoms with van der Waals surface area (Å²) in [4.78, 5) is 11.7. The molecule has 17 heavy (non-hydrogen) atoms. The highest BCUT2D eigenvalue weighted by Crippen LogP contribution is 2.16. The third-order valence-electron chi connectivity index (χ3n) is 2.48. The van der Waals surface area contributed by atoms with Gasteiger partial charge in [0.2, 0.25) is 0 Å². The molecule has 2 nitrogen and oxygen atoms in total. The van der Waals surface area contributed by atoms with Crippen molar-refractivity contribution in [3.8, 4) is 0 Å². The van der Waals surface area contributed by atoms with E-state index in [1.807, 2.05) is 43.3 Å². The molecule has 0 saturated heterocycles. The molecule has 0 aromatic heterocycles. The third kappa shape index (κ3) is 2.68. The lowest BCUT2D eigenvalue weighted by molar-refractivity contribution is 0.0718. The summed E-state index contributed by atoms with van der Waals surface area (Å²) < 4.78 is 5.03. The van der Waals surface area contributed by atoms with E-state index in [2.05, 4.69) is 0 Å². The topological polar surface area (TPSA) is 26.3 Å². The smallest absolute Gasteiger partial charge is 0.344 e. The molecule has 0 unspecified atom stereocenters. The van der Waals surface area contributed by atoms with Crippen molar-refractivity contribution >= 4 is 34.0 Å². The molecular formula is C14H12O2S. The summed E-state index contributed by atoms with van der Waals surface area (Å²) in [6.45, 7) is 1.86. The molecule has 2 aromatic rings. The molecule has 0 amide bonds. The zero-order valence-electron chi connectivity index (χ0n) is 9.47. The van der Waals surface area contributed by atoms with Crippen LogP contribution in [0.15, 0.2) is 42.5 Å². The molecule has 0 radical (unpaired) electrons. The molecule has 0 aliphatic rings. The van der Waals surface area contributed by atoms with Crippen molar-refractivity contribution in [2.75, 3.05) is 0 Å². The molecule has 2 aromatic carbocycles. The highest BCUT2D eigenvalue weighted by molar-refractivity contribution is 7.80. The van der Waals surface area contributed by atoms with Crippen molar-refractivity contribution in [3.05, 3.63) is 48.0 Å². The van der Waals surface area contributed by atoms with E-state index < -0.39 is 0 Å². The molecule has 0 spiro atoms. The molecule has 0 fully saturated rings. The lowest BCUT2D eigenvalue weighted by Crippen LogP contribution is -2.09. The molecule has 0 aliphatic heterocycles. The molecular weight excluding hydrogens is 232 g/mol. The zero-order valence-corrected chi connectivity index (χ0v) is 10.3. The summed E-state index contributed by atoms with van der Waals surface area (Å²) in [6.07, 6.45) is 0.564. The minimum atomic E-state index is -0.386. The molecule has 2 rings (SSSR count). The summed E-state index contributed by atoms with van der Waals surface area (Å²) in [5.41, 5.74) is 0.527. The standard InChI is InChI=1S/C14H12O2S/c1-2-13(17)16-14(15)12-8-7-10-5-3-4-6-11(10)9-12/h3-9H,2H2,1H3. The van der Waals surface area contributed by atoms with Gasteiger partial charge < -0.3 is 4.74 Å². The number of ether oxygens (including phenoxy) is 1. The van der Waals surface area contributed by atoms with Crippen molar-refractivity contribution in [1.29, 1.82) is 0 Å². The predicted molar refractivity (Wildman–Crippen MR) is 72.3 cm³/mol. The Balaban J connectivity index is 2.30. The monoisotopic (exact) mass is 244 g/mol. The number of rotatable bonds is 2.